The van der Waals surface area contributed by atoms with Crippen molar-refractivity contribution in [3.05, 3.63) is 65.0 Å². The first-order valence-corrected chi connectivity index (χ1v) is 6.86. The second-order valence-electron chi connectivity index (χ2n) is 4.78. The quantitative estimate of drug-likeness (QED) is 0.864. The molecular formula is C17H20FNO. The Bertz CT molecular complexity index is 551. The van der Waals surface area contributed by atoms with E-state index in [1.54, 1.807) is 6.07 Å². The summed E-state index contributed by atoms with van der Waals surface area (Å²) in [5, 5.41) is 3.28. The molecule has 0 spiro atoms. The predicted molar refractivity (Wildman–Crippen MR) is 79.3 cm³/mol. The van der Waals surface area contributed by atoms with Crippen molar-refractivity contribution in [2.75, 3.05) is 6.54 Å². The molecule has 0 atom stereocenters. The minimum absolute atomic E-state index is 0.209. The molecule has 0 aliphatic rings. The van der Waals surface area contributed by atoms with Crippen molar-refractivity contribution < 1.29 is 9.13 Å². The van der Waals surface area contributed by atoms with Crippen LogP contribution in [-0.2, 0) is 13.2 Å². The van der Waals surface area contributed by atoms with Gasteiger partial charge < -0.3 is 10.1 Å². The van der Waals surface area contributed by atoms with Gasteiger partial charge in [-0.3, -0.25) is 0 Å². The van der Waals surface area contributed by atoms with Crippen molar-refractivity contribution in [2.24, 2.45) is 0 Å². The Hall–Kier alpha value is -1.87. The van der Waals surface area contributed by atoms with Crippen LogP contribution in [-0.4, -0.2) is 6.54 Å². The highest BCUT2D eigenvalue weighted by atomic mass is 19.1. The summed E-state index contributed by atoms with van der Waals surface area (Å²) in [4.78, 5) is 0. The topological polar surface area (TPSA) is 21.3 Å². The van der Waals surface area contributed by atoms with Crippen LogP contribution in [0.3, 0.4) is 0 Å². The Morgan fingerprint density at radius 1 is 1.10 bits per heavy atom. The van der Waals surface area contributed by atoms with Gasteiger partial charge in [0.2, 0.25) is 0 Å². The summed E-state index contributed by atoms with van der Waals surface area (Å²) in [6, 6.07) is 12.8. The first-order chi connectivity index (χ1) is 9.69. The van der Waals surface area contributed by atoms with Crippen LogP contribution in [0.4, 0.5) is 4.39 Å². The molecule has 2 aromatic rings. The fourth-order valence-electron chi connectivity index (χ4n) is 1.96. The van der Waals surface area contributed by atoms with Crippen molar-refractivity contribution >= 4 is 0 Å². The summed E-state index contributed by atoms with van der Waals surface area (Å²) < 4.78 is 18.7. The van der Waals surface area contributed by atoms with Crippen LogP contribution in [0.25, 0.3) is 0 Å². The van der Waals surface area contributed by atoms with Crippen LogP contribution in [0.1, 0.15) is 23.6 Å². The molecule has 0 fully saturated rings. The van der Waals surface area contributed by atoms with Gasteiger partial charge in [-0.2, -0.15) is 0 Å². The molecule has 20 heavy (non-hydrogen) atoms. The van der Waals surface area contributed by atoms with E-state index in [1.165, 1.54) is 17.7 Å². The predicted octanol–water partition coefficient (Wildman–Crippen LogP) is 3.82. The normalized spacial score (nSPS) is 10.6. The van der Waals surface area contributed by atoms with Crippen LogP contribution >= 0.6 is 0 Å². The lowest BCUT2D eigenvalue weighted by Gasteiger charge is -2.09. The molecule has 0 saturated carbocycles. The highest BCUT2D eigenvalue weighted by Crippen LogP contribution is 2.16. The lowest BCUT2D eigenvalue weighted by Crippen LogP contribution is -2.11. The number of aryl methyl sites for hydroxylation is 1. The van der Waals surface area contributed by atoms with Crippen molar-refractivity contribution in [3.8, 4) is 5.75 Å². The first-order valence-electron chi connectivity index (χ1n) is 6.86. The second-order valence-corrected chi connectivity index (χ2v) is 4.78. The van der Waals surface area contributed by atoms with E-state index >= 15 is 0 Å². The van der Waals surface area contributed by atoms with Crippen LogP contribution in [0.15, 0.2) is 42.5 Å². The smallest absolute Gasteiger partial charge is 0.123 e. The lowest BCUT2D eigenvalue weighted by molar-refractivity contribution is 0.305. The fraction of sp³-hybridized carbons (Fsp3) is 0.294. The van der Waals surface area contributed by atoms with E-state index in [0.717, 1.165) is 30.0 Å². The van der Waals surface area contributed by atoms with E-state index in [9.17, 15) is 4.39 Å². The van der Waals surface area contributed by atoms with Crippen LogP contribution in [0, 0.1) is 12.7 Å². The van der Waals surface area contributed by atoms with Crippen LogP contribution < -0.4 is 10.1 Å². The van der Waals surface area contributed by atoms with Crippen LogP contribution in [0.5, 0.6) is 5.75 Å². The van der Waals surface area contributed by atoms with Gasteiger partial charge in [-0.05, 0) is 54.4 Å². The zero-order chi connectivity index (χ0) is 14.4. The van der Waals surface area contributed by atoms with Gasteiger partial charge in [0.25, 0.3) is 0 Å². The average Bonchev–Trinajstić information content (AvgIpc) is 2.45. The minimum atomic E-state index is -0.209. The maximum absolute atomic E-state index is 13.0. The summed E-state index contributed by atoms with van der Waals surface area (Å²) in [6.07, 6.45) is 0. The van der Waals surface area contributed by atoms with E-state index in [2.05, 4.69) is 24.4 Å². The standard InChI is InChI=1S/C17H20FNO/c1-3-19-11-14-4-8-17(9-5-14)20-12-15-6-7-16(18)10-13(15)2/h4-10,19H,3,11-12H2,1-2H3. The summed E-state index contributed by atoms with van der Waals surface area (Å²) in [7, 11) is 0. The van der Waals surface area contributed by atoms with Gasteiger partial charge >= 0.3 is 0 Å². The van der Waals surface area contributed by atoms with Gasteiger partial charge in [0.1, 0.15) is 18.2 Å². The number of halogens is 1. The molecule has 0 aliphatic heterocycles. The monoisotopic (exact) mass is 273 g/mol. The molecule has 0 saturated heterocycles. The van der Waals surface area contributed by atoms with Crippen molar-refractivity contribution in [1.29, 1.82) is 0 Å². The van der Waals surface area contributed by atoms with Crippen molar-refractivity contribution in [2.45, 2.75) is 27.0 Å². The maximum atomic E-state index is 13.0. The highest BCUT2D eigenvalue weighted by Gasteiger charge is 2.01. The van der Waals surface area contributed by atoms with Gasteiger partial charge in [0, 0.05) is 6.54 Å². The SMILES string of the molecule is CCNCc1ccc(OCc2ccc(F)cc2C)cc1. The molecule has 0 bridgehead atoms. The number of ether oxygens (including phenoxy) is 1. The Morgan fingerprint density at radius 3 is 2.50 bits per heavy atom. The number of nitrogens with one attached hydrogen (secondary N) is 1. The number of hydrogen-bond donors (Lipinski definition) is 1. The maximum Gasteiger partial charge on any atom is 0.123 e. The third kappa shape index (κ3) is 4.07. The molecule has 3 heteroatoms. The summed E-state index contributed by atoms with van der Waals surface area (Å²) in [6.45, 7) is 6.26. The molecule has 106 valence electrons. The van der Waals surface area contributed by atoms with E-state index in [4.69, 9.17) is 4.74 Å². The van der Waals surface area contributed by atoms with Gasteiger partial charge in [0.05, 0.1) is 0 Å². The zero-order valence-electron chi connectivity index (χ0n) is 11.9. The molecule has 2 rings (SSSR count). The van der Waals surface area contributed by atoms with Crippen molar-refractivity contribution in [1.82, 2.24) is 5.32 Å². The van der Waals surface area contributed by atoms with E-state index in [-0.39, 0.29) is 5.82 Å². The minimum Gasteiger partial charge on any atom is -0.489 e. The van der Waals surface area contributed by atoms with Gasteiger partial charge in [-0.15, -0.1) is 0 Å². The molecule has 0 heterocycles. The Kier molecular flexibility index (Phi) is 5.13. The van der Waals surface area contributed by atoms with Gasteiger partial charge in [-0.1, -0.05) is 25.1 Å². The molecule has 0 unspecified atom stereocenters. The molecule has 2 aromatic carbocycles. The molecule has 0 aliphatic carbocycles. The Balaban J connectivity index is 1.93. The number of hydrogen-bond acceptors (Lipinski definition) is 2. The fourth-order valence-corrected chi connectivity index (χ4v) is 1.96. The Labute approximate surface area is 119 Å². The zero-order valence-corrected chi connectivity index (χ0v) is 11.9. The van der Waals surface area contributed by atoms with E-state index in [1.807, 2.05) is 19.1 Å². The van der Waals surface area contributed by atoms with Gasteiger partial charge in [0.15, 0.2) is 0 Å². The van der Waals surface area contributed by atoms with E-state index in [0.29, 0.717) is 6.61 Å². The van der Waals surface area contributed by atoms with Crippen molar-refractivity contribution in [3.63, 3.8) is 0 Å². The summed E-state index contributed by atoms with van der Waals surface area (Å²) in [5.41, 5.74) is 3.15. The first kappa shape index (κ1) is 14.5. The molecule has 0 radical (unpaired) electrons. The van der Waals surface area contributed by atoms with Crippen LogP contribution in [0.2, 0.25) is 0 Å². The highest BCUT2D eigenvalue weighted by molar-refractivity contribution is 5.29. The summed E-state index contributed by atoms with van der Waals surface area (Å²) >= 11 is 0. The number of rotatable bonds is 6. The van der Waals surface area contributed by atoms with Gasteiger partial charge in [-0.25, -0.2) is 4.39 Å². The van der Waals surface area contributed by atoms with E-state index < -0.39 is 0 Å². The molecule has 0 aromatic heterocycles. The molecular weight excluding hydrogens is 253 g/mol. The second kappa shape index (κ2) is 7.06. The third-order valence-electron chi connectivity index (χ3n) is 3.20. The summed E-state index contributed by atoms with van der Waals surface area (Å²) in [5.74, 6) is 0.619. The molecule has 2 nitrogen and oxygen atoms in total. The largest absolute Gasteiger partial charge is 0.489 e. The molecule has 1 N–H and O–H groups in total. The average molecular weight is 273 g/mol. The lowest BCUT2D eigenvalue weighted by atomic mass is 10.1. The number of benzene rings is 2. The Morgan fingerprint density at radius 2 is 1.85 bits per heavy atom. The third-order valence-corrected chi connectivity index (χ3v) is 3.20. The molecule has 0 amide bonds.